The molecule has 0 saturated carbocycles. The lowest BCUT2D eigenvalue weighted by atomic mass is 10.2. The van der Waals surface area contributed by atoms with Gasteiger partial charge in [0.15, 0.2) is 0 Å². The first kappa shape index (κ1) is 15.3. The van der Waals surface area contributed by atoms with Gasteiger partial charge in [0.2, 0.25) is 0 Å². The first-order chi connectivity index (χ1) is 11.2. The van der Waals surface area contributed by atoms with E-state index < -0.39 is 0 Å². The minimum atomic E-state index is 0.657. The van der Waals surface area contributed by atoms with Crippen molar-refractivity contribution in [2.75, 3.05) is 41.7 Å². The first-order valence-corrected chi connectivity index (χ1v) is 8.18. The molecule has 2 N–H and O–H groups in total. The third-order valence-corrected chi connectivity index (χ3v) is 4.36. The van der Waals surface area contributed by atoms with Crippen LogP contribution in [0.1, 0.15) is 19.0 Å². The van der Waals surface area contributed by atoms with Crippen LogP contribution >= 0.6 is 0 Å². The summed E-state index contributed by atoms with van der Waals surface area (Å²) in [6.07, 6.45) is 0.986. The lowest BCUT2D eigenvalue weighted by Crippen LogP contribution is -2.47. The number of hydrogen-bond acceptors (Lipinski definition) is 4. The Morgan fingerprint density at radius 2 is 1.74 bits per heavy atom. The molecule has 1 aliphatic heterocycles. The summed E-state index contributed by atoms with van der Waals surface area (Å²) in [7, 11) is 0. The largest absolute Gasteiger partial charge is 0.396 e. The lowest BCUT2D eigenvalue weighted by molar-refractivity contribution is 0.609. The molecule has 0 aliphatic carbocycles. The summed E-state index contributed by atoms with van der Waals surface area (Å²) in [5.74, 6) is 1.01. The van der Waals surface area contributed by atoms with E-state index in [1.807, 2.05) is 6.07 Å². The summed E-state index contributed by atoms with van der Waals surface area (Å²) in [5.41, 5.74) is 8.83. The molecule has 1 saturated heterocycles. The normalized spacial score (nSPS) is 14.8. The van der Waals surface area contributed by atoms with Crippen LogP contribution in [0.4, 0.5) is 17.2 Å². The minimum absolute atomic E-state index is 0.657. The molecule has 0 bridgehead atoms. The van der Waals surface area contributed by atoms with Gasteiger partial charge in [-0.25, -0.2) is 0 Å². The molecule has 0 spiro atoms. The minimum Gasteiger partial charge on any atom is -0.396 e. The maximum Gasteiger partial charge on any atom is 0.133 e. The summed E-state index contributed by atoms with van der Waals surface area (Å²) in [5, 5.41) is 9.32. The number of nitrogens with zero attached hydrogens (tertiary/aromatic N) is 4. The summed E-state index contributed by atoms with van der Waals surface area (Å²) >= 11 is 0. The number of anilines is 3. The SMILES string of the molecule is CCCn1c(C#N)cc(N)c1N1CCN(c2ccccc2)CC1. The standard InChI is InChI=1S/C18H23N5/c1-2-8-23-16(14-19)13-17(20)18(23)22-11-9-21(10-12-22)15-6-4-3-5-7-15/h3-7,13H,2,8-12,20H2,1H3. The molecule has 1 aromatic carbocycles. The second-order valence-corrected chi connectivity index (χ2v) is 5.88. The Bertz CT molecular complexity index is 690. The Balaban J connectivity index is 1.78. The molecule has 0 radical (unpaired) electrons. The maximum absolute atomic E-state index is 9.32. The number of benzene rings is 1. The van der Waals surface area contributed by atoms with Crippen molar-refractivity contribution in [3.63, 3.8) is 0 Å². The van der Waals surface area contributed by atoms with Crippen molar-refractivity contribution in [3.8, 4) is 6.07 Å². The maximum atomic E-state index is 9.32. The predicted octanol–water partition coefficient (Wildman–Crippen LogP) is 2.68. The lowest BCUT2D eigenvalue weighted by Gasteiger charge is -2.38. The molecular formula is C18H23N5. The van der Waals surface area contributed by atoms with Crippen molar-refractivity contribution in [2.45, 2.75) is 19.9 Å². The van der Waals surface area contributed by atoms with E-state index >= 15 is 0 Å². The van der Waals surface area contributed by atoms with E-state index in [2.05, 4.69) is 51.6 Å². The number of rotatable bonds is 4. The smallest absolute Gasteiger partial charge is 0.133 e. The van der Waals surface area contributed by atoms with Gasteiger partial charge in [0.05, 0.1) is 5.69 Å². The van der Waals surface area contributed by atoms with Gasteiger partial charge in [0, 0.05) is 38.4 Å². The van der Waals surface area contributed by atoms with E-state index in [0.29, 0.717) is 11.4 Å². The predicted molar refractivity (Wildman–Crippen MR) is 94.7 cm³/mol. The zero-order valence-electron chi connectivity index (χ0n) is 13.6. The van der Waals surface area contributed by atoms with Crippen molar-refractivity contribution in [1.82, 2.24) is 4.57 Å². The van der Waals surface area contributed by atoms with E-state index in [-0.39, 0.29) is 0 Å². The average Bonchev–Trinajstić information content (AvgIpc) is 2.92. The van der Waals surface area contributed by atoms with Crippen LogP contribution in [0.15, 0.2) is 36.4 Å². The Morgan fingerprint density at radius 1 is 1.09 bits per heavy atom. The monoisotopic (exact) mass is 309 g/mol. The fourth-order valence-corrected chi connectivity index (χ4v) is 3.27. The molecule has 3 rings (SSSR count). The van der Waals surface area contributed by atoms with Crippen LogP contribution in [-0.2, 0) is 6.54 Å². The van der Waals surface area contributed by atoms with E-state index in [0.717, 1.165) is 45.0 Å². The van der Waals surface area contributed by atoms with Crippen LogP contribution in [0.25, 0.3) is 0 Å². The molecule has 0 atom stereocenters. The van der Waals surface area contributed by atoms with Crippen molar-refractivity contribution in [1.29, 1.82) is 5.26 Å². The second-order valence-electron chi connectivity index (χ2n) is 5.88. The summed E-state index contributed by atoms with van der Waals surface area (Å²) in [6, 6.07) is 14.6. The van der Waals surface area contributed by atoms with Crippen LogP contribution in [0, 0.1) is 11.3 Å². The van der Waals surface area contributed by atoms with Crippen LogP contribution in [-0.4, -0.2) is 30.7 Å². The van der Waals surface area contributed by atoms with Gasteiger partial charge in [-0.2, -0.15) is 5.26 Å². The van der Waals surface area contributed by atoms with Gasteiger partial charge in [-0.05, 0) is 24.6 Å². The number of piperazine rings is 1. The Morgan fingerprint density at radius 3 is 2.35 bits per heavy atom. The molecule has 120 valence electrons. The highest BCUT2D eigenvalue weighted by molar-refractivity contribution is 5.68. The third-order valence-electron chi connectivity index (χ3n) is 4.36. The number of hydrogen-bond donors (Lipinski definition) is 1. The topological polar surface area (TPSA) is 61.2 Å². The van der Waals surface area contributed by atoms with Gasteiger partial charge < -0.3 is 20.1 Å². The van der Waals surface area contributed by atoms with Crippen molar-refractivity contribution in [2.24, 2.45) is 0 Å². The highest BCUT2D eigenvalue weighted by atomic mass is 15.3. The highest BCUT2D eigenvalue weighted by Gasteiger charge is 2.23. The average molecular weight is 309 g/mol. The van der Waals surface area contributed by atoms with Gasteiger partial charge in [-0.15, -0.1) is 0 Å². The number of nitrogen functional groups attached to an aromatic ring is 1. The van der Waals surface area contributed by atoms with Crippen molar-refractivity contribution < 1.29 is 0 Å². The second kappa shape index (κ2) is 6.66. The van der Waals surface area contributed by atoms with Crippen LogP contribution in [0.2, 0.25) is 0 Å². The van der Waals surface area contributed by atoms with E-state index in [4.69, 9.17) is 5.73 Å². The highest BCUT2D eigenvalue weighted by Crippen LogP contribution is 2.29. The molecule has 5 heteroatoms. The fraction of sp³-hybridized carbons (Fsp3) is 0.389. The first-order valence-electron chi connectivity index (χ1n) is 8.18. The van der Waals surface area contributed by atoms with Gasteiger partial charge >= 0.3 is 0 Å². The van der Waals surface area contributed by atoms with E-state index in [9.17, 15) is 5.26 Å². The van der Waals surface area contributed by atoms with Gasteiger partial charge in [0.25, 0.3) is 0 Å². The Kier molecular flexibility index (Phi) is 4.42. The van der Waals surface area contributed by atoms with Gasteiger partial charge in [-0.1, -0.05) is 25.1 Å². The number of aromatic nitrogens is 1. The number of nitrogens with two attached hydrogens (primary N) is 1. The fourth-order valence-electron chi connectivity index (χ4n) is 3.27. The van der Waals surface area contributed by atoms with Crippen molar-refractivity contribution in [3.05, 3.63) is 42.1 Å². The molecule has 1 fully saturated rings. The van der Waals surface area contributed by atoms with Gasteiger partial charge in [-0.3, -0.25) is 0 Å². The molecule has 1 aliphatic rings. The zero-order chi connectivity index (χ0) is 16.2. The molecule has 2 heterocycles. The molecule has 0 amide bonds. The molecule has 23 heavy (non-hydrogen) atoms. The molecular weight excluding hydrogens is 286 g/mol. The van der Waals surface area contributed by atoms with E-state index in [1.54, 1.807) is 6.07 Å². The molecule has 5 nitrogen and oxygen atoms in total. The summed E-state index contributed by atoms with van der Waals surface area (Å²) < 4.78 is 2.06. The molecule has 2 aromatic rings. The Labute approximate surface area is 137 Å². The summed E-state index contributed by atoms with van der Waals surface area (Å²) in [6.45, 7) is 6.70. The molecule has 0 unspecified atom stereocenters. The van der Waals surface area contributed by atoms with E-state index in [1.165, 1.54) is 5.69 Å². The number of nitriles is 1. The molecule has 1 aromatic heterocycles. The van der Waals surface area contributed by atoms with Crippen LogP contribution < -0.4 is 15.5 Å². The number of para-hydroxylation sites is 1. The van der Waals surface area contributed by atoms with Crippen molar-refractivity contribution >= 4 is 17.2 Å². The zero-order valence-corrected chi connectivity index (χ0v) is 13.6. The van der Waals surface area contributed by atoms with Gasteiger partial charge in [0.1, 0.15) is 17.6 Å². The van der Waals surface area contributed by atoms with Crippen LogP contribution in [0.3, 0.4) is 0 Å². The quantitative estimate of drug-likeness (QED) is 0.943. The Hall–Kier alpha value is -2.61. The third kappa shape index (κ3) is 2.98. The van der Waals surface area contributed by atoms with Crippen LogP contribution in [0.5, 0.6) is 0 Å². The summed E-state index contributed by atoms with van der Waals surface area (Å²) in [4.78, 5) is 4.70.